The molecule has 0 amide bonds. The van der Waals surface area contributed by atoms with Crippen molar-refractivity contribution in [3.05, 3.63) is 29.8 Å². The van der Waals surface area contributed by atoms with E-state index in [4.69, 9.17) is 4.42 Å². The fraction of sp³-hybridized carbons (Fsp3) is 0.500. The molecule has 0 aliphatic carbocycles. The molecule has 20 heavy (non-hydrogen) atoms. The highest BCUT2D eigenvalue weighted by molar-refractivity contribution is 7.99. The average molecular weight is 290 g/mol. The zero-order chi connectivity index (χ0) is 14.2. The van der Waals surface area contributed by atoms with Crippen molar-refractivity contribution < 1.29 is 4.42 Å². The molecule has 1 heterocycles. The predicted octanol–water partition coefficient (Wildman–Crippen LogP) is 5.11. The SMILES string of the molecule is CCCCCCCSc1nnc(-c2ccc(C)cc2)o1. The van der Waals surface area contributed by atoms with Gasteiger partial charge < -0.3 is 4.42 Å². The van der Waals surface area contributed by atoms with Crippen LogP contribution in [0.15, 0.2) is 33.9 Å². The van der Waals surface area contributed by atoms with Gasteiger partial charge in [-0.2, -0.15) is 0 Å². The molecule has 0 bridgehead atoms. The van der Waals surface area contributed by atoms with Crippen molar-refractivity contribution in [3.63, 3.8) is 0 Å². The Morgan fingerprint density at radius 1 is 1.00 bits per heavy atom. The van der Waals surface area contributed by atoms with Crippen LogP contribution in [0.3, 0.4) is 0 Å². The van der Waals surface area contributed by atoms with E-state index in [-0.39, 0.29) is 0 Å². The van der Waals surface area contributed by atoms with E-state index in [0.717, 1.165) is 11.3 Å². The lowest BCUT2D eigenvalue weighted by Crippen LogP contribution is -1.82. The van der Waals surface area contributed by atoms with Gasteiger partial charge in [0.1, 0.15) is 0 Å². The van der Waals surface area contributed by atoms with Gasteiger partial charge in [-0.1, -0.05) is 62.1 Å². The first kappa shape index (κ1) is 15.1. The Morgan fingerprint density at radius 2 is 1.75 bits per heavy atom. The van der Waals surface area contributed by atoms with Crippen LogP contribution >= 0.6 is 11.8 Å². The van der Waals surface area contributed by atoms with Crippen molar-refractivity contribution in [3.8, 4) is 11.5 Å². The van der Waals surface area contributed by atoms with Crippen molar-refractivity contribution in [2.24, 2.45) is 0 Å². The lowest BCUT2D eigenvalue weighted by Gasteiger charge is -1.98. The van der Waals surface area contributed by atoms with Crippen LogP contribution in [-0.2, 0) is 0 Å². The topological polar surface area (TPSA) is 38.9 Å². The van der Waals surface area contributed by atoms with Crippen molar-refractivity contribution in [2.45, 2.75) is 51.2 Å². The fourth-order valence-electron chi connectivity index (χ4n) is 1.95. The largest absolute Gasteiger partial charge is 0.411 e. The van der Waals surface area contributed by atoms with Gasteiger partial charge in [0.25, 0.3) is 5.22 Å². The second-order valence-corrected chi connectivity index (χ2v) is 6.05. The molecule has 0 unspecified atom stereocenters. The molecule has 2 rings (SSSR count). The summed E-state index contributed by atoms with van der Waals surface area (Å²) in [5, 5.41) is 8.88. The van der Waals surface area contributed by atoms with E-state index < -0.39 is 0 Å². The van der Waals surface area contributed by atoms with Gasteiger partial charge in [0, 0.05) is 11.3 Å². The van der Waals surface area contributed by atoms with Gasteiger partial charge in [0.05, 0.1) is 0 Å². The van der Waals surface area contributed by atoms with Gasteiger partial charge in [-0.15, -0.1) is 10.2 Å². The first-order valence-electron chi connectivity index (χ1n) is 7.33. The lowest BCUT2D eigenvalue weighted by molar-refractivity contribution is 0.465. The molecule has 1 aromatic carbocycles. The molecule has 2 aromatic rings. The summed E-state index contributed by atoms with van der Waals surface area (Å²) in [6, 6.07) is 8.14. The number of aryl methyl sites for hydroxylation is 1. The van der Waals surface area contributed by atoms with E-state index in [1.807, 2.05) is 12.1 Å². The third-order valence-electron chi connectivity index (χ3n) is 3.18. The Hall–Kier alpha value is -1.29. The first-order valence-corrected chi connectivity index (χ1v) is 8.31. The van der Waals surface area contributed by atoms with Crippen LogP contribution in [0.5, 0.6) is 0 Å². The predicted molar refractivity (Wildman–Crippen MR) is 84.0 cm³/mol. The lowest BCUT2D eigenvalue weighted by atomic mass is 10.1. The summed E-state index contributed by atoms with van der Waals surface area (Å²) < 4.78 is 5.68. The highest BCUT2D eigenvalue weighted by Gasteiger charge is 2.08. The number of thioether (sulfide) groups is 1. The summed E-state index contributed by atoms with van der Waals surface area (Å²) in [5.41, 5.74) is 2.22. The summed E-state index contributed by atoms with van der Waals surface area (Å²) in [5.74, 6) is 1.66. The number of benzene rings is 1. The molecule has 0 saturated carbocycles. The van der Waals surface area contributed by atoms with E-state index in [1.54, 1.807) is 11.8 Å². The molecule has 108 valence electrons. The van der Waals surface area contributed by atoms with Gasteiger partial charge in [-0.25, -0.2) is 0 Å². The zero-order valence-corrected chi connectivity index (χ0v) is 13.1. The monoisotopic (exact) mass is 290 g/mol. The van der Waals surface area contributed by atoms with Gasteiger partial charge in [-0.05, 0) is 25.5 Å². The molecular weight excluding hydrogens is 268 g/mol. The Bertz CT molecular complexity index is 507. The molecule has 1 aromatic heterocycles. The quantitative estimate of drug-likeness (QED) is 0.500. The molecule has 0 fully saturated rings. The third-order valence-corrected chi connectivity index (χ3v) is 4.08. The maximum Gasteiger partial charge on any atom is 0.276 e. The van der Waals surface area contributed by atoms with E-state index in [0.29, 0.717) is 11.1 Å². The molecule has 4 heteroatoms. The van der Waals surface area contributed by atoms with Crippen LogP contribution in [-0.4, -0.2) is 16.0 Å². The van der Waals surface area contributed by atoms with Crippen LogP contribution in [0, 0.1) is 6.92 Å². The molecule has 0 saturated heterocycles. The fourth-order valence-corrected chi connectivity index (χ4v) is 2.71. The summed E-state index contributed by atoms with van der Waals surface area (Å²) in [6.45, 7) is 4.30. The van der Waals surface area contributed by atoms with Crippen molar-refractivity contribution >= 4 is 11.8 Å². The van der Waals surface area contributed by atoms with Crippen LogP contribution in [0.1, 0.15) is 44.6 Å². The van der Waals surface area contributed by atoms with Crippen molar-refractivity contribution in [1.29, 1.82) is 0 Å². The number of hydrogen-bond acceptors (Lipinski definition) is 4. The van der Waals surface area contributed by atoms with Crippen LogP contribution in [0.2, 0.25) is 0 Å². The minimum atomic E-state index is 0.610. The molecule has 0 atom stereocenters. The molecule has 0 aliphatic rings. The molecule has 0 spiro atoms. The minimum Gasteiger partial charge on any atom is -0.411 e. The van der Waals surface area contributed by atoms with Crippen molar-refractivity contribution in [1.82, 2.24) is 10.2 Å². The summed E-state index contributed by atoms with van der Waals surface area (Å²) in [7, 11) is 0. The summed E-state index contributed by atoms with van der Waals surface area (Å²) in [4.78, 5) is 0. The van der Waals surface area contributed by atoms with Crippen LogP contribution < -0.4 is 0 Å². The zero-order valence-electron chi connectivity index (χ0n) is 12.3. The normalized spacial score (nSPS) is 10.9. The second-order valence-electron chi connectivity index (χ2n) is 5.00. The van der Waals surface area contributed by atoms with Gasteiger partial charge in [0.15, 0.2) is 0 Å². The van der Waals surface area contributed by atoms with E-state index in [1.165, 1.54) is 37.7 Å². The molecular formula is C16H22N2OS. The minimum absolute atomic E-state index is 0.610. The Kier molecular flexibility index (Phi) is 6.12. The summed E-state index contributed by atoms with van der Waals surface area (Å²) >= 11 is 1.66. The summed E-state index contributed by atoms with van der Waals surface area (Å²) in [6.07, 6.45) is 6.46. The number of hydrogen-bond donors (Lipinski definition) is 0. The second kappa shape index (κ2) is 8.10. The number of unbranched alkanes of at least 4 members (excludes halogenated alkanes) is 4. The number of aromatic nitrogens is 2. The van der Waals surface area contributed by atoms with E-state index in [9.17, 15) is 0 Å². The highest BCUT2D eigenvalue weighted by Crippen LogP contribution is 2.24. The highest BCUT2D eigenvalue weighted by atomic mass is 32.2. The maximum absolute atomic E-state index is 5.68. The van der Waals surface area contributed by atoms with Gasteiger partial charge in [-0.3, -0.25) is 0 Å². The smallest absolute Gasteiger partial charge is 0.276 e. The maximum atomic E-state index is 5.68. The third kappa shape index (κ3) is 4.67. The Balaban J connectivity index is 1.79. The number of rotatable bonds is 8. The Labute approximate surface area is 125 Å². The molecule has 0 radical (unpaired) electrons. The molecule has 0 N–H and O–H groups in total. The standard InChI is InChI=1S/C16H22N2OS/c1-3-4-5-6-7-12-20-16-18-17-15(19-16)14-10-8-13(2)9-11-14/h8-11H,3-7,12H2,1-2H3. The molecule has 3 nitrogen and oxygen atoms in total. The van der Waals surface area contributed by atoms with Crippen molar-refractivity contribution in [2.75, 3.05) is 5.75 Å². The van der Waals surface area contributed by atoms with E-state index >= 15 is 0 Å². The van der Waals surface area contributed by atoms with Crippen LogP contribution in [0.4, 0.5) is 0 Å². The van der Waals surface area contributed by atoms with E-state index in [2.05, 4.69) is 36.2 Å². The number of nitrogens with zero attached hydrogens (tertiary/aromatic N) is 2. The average Bonchev–Trinajstić information content (AvgIpc) is 2.92. The Morgan fingerprint density at radius 3 is 2.50 bits per heavy atom. The van der Waals surface area contributed by atoms with Gasteiger partial charge >= 0.3 is 0 Å². The van der Waals surface area contributed by atoms with Crippen LogP contribution in [0.25, 0.3) is 11.5 Å². The van der Waals surface area contributed by atoms with Gasteiger partial charge in [0.2, 0.25) is 5.89 Å². The first-order chi connectivity index (χ1) is 9.79. The molecule has 0 aliphatic heterocycles.